The van der Waals surface area contributed by atoms with Crippen LogP contribution < -0.4 is 10.6 Å². The van der Waals surface area contributed by atoms with E-state index < -0.39 is 24.5 Å². The smallest absolute Gasteiger partial charge is 0.328 e. The normalized spacial score (nSPS) is 12.6. The quantitative estimate of drug-likeness (QED) is 0.0307. The van der Waals surface area contributed by atoms with Gasteiger partial charge in [-0.1, -0.05) is 122 Å². The molecule has 4 N–H and O–H groups in total. The van der Waals surface area contributed by atoms with E-state index in [0.29, 0.717) is 19.3 Å². The number of carboxylic acids is 1. The molecule has 0 aliphatic carbocycles. The van der Waals surface area contributed by atoms with E-state index in [0.717, 1.165) is 64.2 Å². The van der Waals surface area contributed by atoms with E-state index in [-0.39, 0.29) is 24.5 Å². The van der Waals surface area contributed by atoms with Crippen LogP contribution in [0.4, 0.5) is 0 Å². The Morgan fingerprint density at radius 2 is 1.11 bits per heavy atom. The van der Waals surface area contributed by atoms with Gasteiger partial charge in [0.25, 0.3) is 0 Å². The molecule has 0 radical (unpaired) electrons. The van der Waals surface area contributed by atoms with Gasteiger partial charge in [-0.25, -0.2) is 4.79 Å². The predicted octanol–water partition coefficient (Wildman–Crippen LogP) is 8.31. The van der Waals surface area contributed by atoms with Crippen molar-refractivity contribution in [3.05, 3.63) is 12.2 Å². The highest BCUT2D eigenvalue weighted by Crippen LogP contribution is 2.18. The molecule has 0 saturated carbocycles. The Morgan fingerprint density at radius 3 is 1.66 bits per heavy atom. The molecular weight excluding hydrogens is 596 g/mol. The molecule has 2 atom stereocenters. The lowest BCUT2D eigenvalue weighted by atomic mass is 10.0. The molecule has 0 aromatic carbocycles. The van der Waals surface area contributed by atoms with Crippen molar-refractivity contribution in [1.29, 1.82) is 0 Å². The number of hydrogen-bond acceptors (Lipinski definition) is 6. The Morgan fingerprint density at radius 1 is 0.617 bits per heavy atom. The van der Waals surface area contributed by atoms with E-state index in [1.54, 1.807) is 0 Å². The van der Waals surface area contributed by atoms with E-state index in [1.165, 1.54) is 83.5 Å². The van der Waals surface area contributed by atoms with Crippen molar-refractivity contribution in [3.8, 4) is 0 Å². The fourth-order valence-electron chi connectivity index (χ4n) is 5.52. The molecule has 0 aromatic heterocycles. The summed E-state index contributed by atoms with van der Waals surface area (Å²) in [5.41, 5.74) is 0. The third-order valence-electron chi connectivity index (χ3n) is 8.51. The number of aliphatic hydroxyl groups is 1. The van der Waals surface area contributed by atoms with Gasteiger partial charge in [0, 0.05) is 12.8 Å². The molecular formula is C38H70N2O7. The predicted molar refractivity (Wildman–Crippen MR) is 190 cm³/mol. The van der Waals surface area contributed by atoms with E-state index in [9.17, 15) is 19.2 Å². The lowest BCUT2D eigenvalue weighted by molar-refractivity contribution is -0.150. The number of nitrogens with one attached hydrogen (secondary N) is 2. The van der Waals surface area contributed by atoms with Crippen LogP contribution in [0.25, 0.3) is 0 Å². The molecule has 0 heterocycles. The standard InChI is InChI=1S/C38H70N2O7/c1-3-5-7-9-11-13-14-15-17-22-26-30-37(44)47-33(27-23-19-16-12-10-8-6-4-2)28-24-20-18-21-25-29-35(42)39-31-36(43)40-34(32-41)38(45)46/h9,11,33-34,41H,3-8,10,12-32H2,1-2H3,(H,39,42)(H,40,43)(H,45,46)/b11-9-. The number of aliphatic hydroxyl groups excluding tert-OH is 1. The topological polar surface area (TPSA) is 142 Å². The van der Waals surface area contributed by atoms with Crippen LogP contribution in [-0.4, -0.2) is 59.3 Å². The number of amides is 2. The number of carbonyl (C=O) groups excluding carboxylic acids is 3. The molecule has 274 valence electrons. The van der Waals surface area contributed by atoms with Crippen molar-refractivity contribution < 1.29 is 34.1 Å². The van der Waals surface area contributed by atoms with Crippen molar-refractivity contribution in [3.63, 3.8) is 0 Å². The number of esters is 1. The van der Waals surface area contributed by atoms with E-state index in [4.69, 9.17) is 14.9 Å². The summed E-state index contributed by atoms with van der Waals surface area (Å²) in [7, 11) is 0. The number of unbranched alkanes of at least 4 members (excludes halogenated alkanes) is 18. The first-order valence-electron chi connectivity index (χ1n) is 19.1. The Labute approximate surface area is 286 Å². The minimum Gasteiger partial charge on any atom is -0.480 e. The summed E-state index contributed by atoms with van der Waals surface area (Å²) in [6.45, 7) is 3.43. The minimum absolute atomic E-state index is 0.00873. The molecule has 0 aliphatic rings. The number of carbonyl (C=O) groups is 4. The van der Waals surface area contributed by atoms with Crippen molar-refractivity contribution in [1.82, 2.24) is 10.6 Å². The second-order valence-corrected chi connectivity index (χ2v) is 13.0. The number of carboxylic acid groups (broad SMARTS) is 1. The molecule has 9 nitrogen and oxygen atoms in total. The molecule has 2 unspecified atom stereocenters. The maximum absolute atomic E-state index is 12.6. The van der Waals surface area contributed by atoms with Gasteiger partial charge >= 0.3 is 11.9 Å². The second kappa shape index (κ2) is 33.5. The minimum atomic E-state index is -1.38. The van der Waals surface area contributed by atoms with Gasteiger partial charge < -0.3 is 25.6 Å². The van der Waals surface area contributed by atoms with Crippen LogP contribution in [0, 0.1) is 0 Å². The van der Waals surface area contributed by atoms with Crippen molar-refractivity contribution in [2.45, 2.75) is 193 Å². The van der Waals surface area contributed by atoms with Gasteiger partial charge in [-0.05, 0) is 57.8 Å². The third-order valence-corrected chi connectivity index (χ3v) is 8.51. The summed E-state index contributed by atoms with van der Waals surface area (Å²) in [6.07, 6.45) is 32.4. The van der Waals surface area contributed by atoms with Gasteiger partial charge in [-0.2, -0.15) is 0 Å². The highest BCUT2D eigenvalue weighted by Gasteiger charge is 2.19. The van der Waals surface area contributed by atoms with Gasteiger partial charge in [0.15, 0.2) is 0 Å². The third kappa shape index (κ3) is 30.7. The van der Waals surface area contributed by atoms with Crippen LogP contribution in [0.3, 0.4) is 0 Å². The monoisotopic (exact) mass is 667 g/mol. The zero-order chi connectivity index (χ0) is 34.8. The van der Waals surface area contributed by atoms with Crippen LogP contribution in [0.5, 0.6) is 0 Å². The van der Waals surface area contributed by atoms with Crippen LogP contribution >= 0.6 is 0 Å². The summed E-state index contributed by atoms with van der Waals surface area (Å²) >= 11 is 0. The molecule has 0 spiro atoms. The molecule has 0 bridgehead atoms. The summed E-state index contributed by atoms with van der Waals surface area (Å²) in [5.74, 6) is -2.30. The fourth-order valence-corrected chi connectivity index (χ4v) is 5.52. The number of rotatable bonds is 34. The van der Waals surface area contributed by atoms with Gasteiger partial charge in [-0.15, -0.1) is 0 Å². The lowest BCUT2D eigenvalue weighted by Crippen LogP contribution is -2.47. The van der Waals surface area contributed by atoms with Crippen molar-refractivity contribution in [2.24, 2.45) is 0 Å². The maximum atomic E-state index is 12.6. The average Bonchev–Trinajstić information content (AvgIpc) is 3.05. The first kappa shape index (κ1) is 44.6. The summed E-state index contributed by atoms with van der Waals surface area (Å²) in [5, 5.41) is 22.5. The van der Waals surface area contributed by atoms with Gasteiger partial charge in [-0.3, -0.25) is 14.4 Å². The number of ether oxygens (including phenoxy) is 1. The SMILES string of the molecule is CCCC/C=C\CCCCCCCC(=O)OC(CCCCCCCCCC)CCCCCCCC(=O)NCC(=O)NC(CO)C(=O)O. The van der Waals surface area contributed by atoms with Gasteiger partial charge in [0.05, 0.1) is 13.2 Å². The lowest BCUT2D eigenvalue weighted by Gasteiger charge is -2.18. The Kier molecular flexibility index (Phi) is 31.8. The Bertz CT molecular complexity index is 818. The number of allylic oxidation sites excluding steroid dienone is 2. The number of aliphatic carboxylic acids is 1. The highest BCUT2D eigenvalue weighted by atomic mass is 16.5. The van der Waals surface area contributed by atoms with Crippen LogP contribution in [0.15, 0.2) is 12.2 Å². The largest absolute Gasteiger partial charge is 0.480 e. The summed E-state index contributed by atoms with van der Waals surface area (Å²) in [6, 6.07) is -1.38. The molecule has 0 fully saturated rings. The maximum Gasteiger partial charge on any atom is 0.328 e. The highest BCUT2D eigenvalue weighted by molar-refractivity contribution is 5.87. The first-order chi connectivity index (χ1) is 22.8. The molecule has 0 aliphatic heterocycles. The van der Waals surface area contributed by atoms with Crippen molar-refractivity contribution >= 4 is 23.8 Å². The Balaban J connectivity index is 4.24. The number of hydrogen-bond donors (Lipinski definition) is 4. The summed E-state index contributed by atoms with van der Waals surface area (Å²) in [4.78, 5) is 47.3. The molecule has 9 heteroatoms. The molecule has 0 saturated heterocycles. The second-order valence-electron chi connectivity index (χ2n) is 13.0. The molecule has 0 aromatic rings. The molecule has 0 rings (SSSR count). The van der Waals surface area contributed by atoms with E-state index in [2.05, 4.69) is 36.6 Å². The van der Waals surface area contributed by atoms with Crippen LogP contribution in [0.1, 0.15) is 181 Å². The summed E-state index contributed by atoms with van der Waals surface area (Å²) < 4.78 is 5.97. The zero-order valence-electron chi connectivity index (χ0n) is 30.0. The molecule has 2 amide bonds. The molecule has 47 heavy (non-hydrogen) atoms. The fraction of sp³-hybridized carbons (Fsp3) is 0.842. The van der Waals surface area contributed by atoms with Crippen LogP contribution in [0.2, 0.25) is 0 Å². The van der Waals surface area contributed by atoms with E-state index in [1.807, 2.05) is 0 Å². The van der Waals surface area contributed by atoms with Gasteiger partial charge in [0.1, 0.15) is 12.1 Å². The van der Waals surface area contributed by atoms with E-state index >= 15 is 0 Å². The first-order valence-corrected chi connectivity index (χ1v) is 19.1. The average molecular weight is 667 g/mol. The zero-order valence-corrected chi connectivity index (χ0v) is 30.0. The Hall–Kier alpha value is -2.42. The van der Waals surface area contributed by atoms with Crippen molar-refractivity contribution in [2.75, 3.05) is 13.2 Å². The van der Waals surface area contributed by atoms with Gasteiger partial charge in [0.2, 0.25) is 11.8 Å². The van der Waals surface area contributed by atoms with Crippen LogP contribution in [-0.2, 0) is 23.9 Å².